The van der Waals surface area contributed by atoms with Gasteiger partial charge in [-0.1, -0.05) is 45.2 Å². The summed E-state index contributed by atoms with van der Waals surface area (Å²) >= 11 is 0. The Balaban J connectivity index is 2.33. The molecule has 0 aliphatic heterocycles. The van der Waals surface area contributed by atoms with Crippen LogP contribution < -0.4 is 5.63 Å². The highest BCUT2D eigenvalue weighted by molar-refractivity contribution is 5.77. The predicted octanol–water partition coefficient (Wildman–Crippen LogP) is 4.87. The molecule has 2 heteroatoms. The molecule has 1 heterocycles. The molecule has 0 fully saturated rings. The minimum absolute atomic E-state index is 0.273. The molecular weight excluding hydrogens is 236 g/mol. The van der Waals surface area contributed by atoms with Crippen LogP contribution in [0.25, 0.3) is 11.0 Å². The van der Waals surface area contributed by atoms with Crippen molar-refractivity contribution in [1.82, 2.24) is 0 Å². The third-order valence-corrected chi connectivity index (χ3v) is 3.66. The first-order valence-electron chi connectivity index (χ1n) is 7.28. The Morgan fingerprint density at radius 3 is 2.58 bits per heavy atom. The van der Waals surface area contributed by atoms with Crippen LogP contribution in [0.2, 0.25) is 0 Å². The second-order valence-corrected chi connectivity index (χ2v) is 5.18. The molecule has 0 saturated carbocycles. The van der Waals surface area contributed by atoms with Crippen molar-refractivity contribution in [3.8, 4) is 0 Å². The summed E-state index contributed by atoms with van der Waals surface area (Å²) < 4.78 is 5.28. The molecule has 0 spiro atoms. The SMILES string of the molecule is CCCCC(CCC)c1ccc2ccc(=O)oc2c1. The quantitative estimate of drug-likeness (QED) is 0.692. The maximum absolute atomic E-state index is 11.3. The van der Waals surface area contributed by atoms with Gasteiger partial charge in [-0.2, -0.15) is 0 Å². The molecule has 1 unspecified atom stereocenters. The zero-order chi connectivity index (χ0) is 13.7. The zero-order valence-electron chi connectivity index (χ0n) is 11.8. The van der Waals surface area contributed by atoms with Crippen molar-refractivity contribution in [3.63, 3.8) is 0 Å². The summed E-state index contributed by atoms with van der Waals surface area (Å²) in [6, 6.07) is 9.59. The lowest BCUT2D eigenvalue weighted by Gasteiger charge is -2.16. The lowest BCUT2D eigenvalue weighted by molar-refractivity contribution is 0.536. The minimum Gasteiger partial charge on any atom is -0.423 e. The molecule has 0 amide bonds. The molecule has 0 radical (unpaired) electrons. The highest BCUT2D eigenvalue weighted by Crippen LogP contribution is 2.29. The number of rotatable bonds is 6. The first-order valence-corrected chi connectivity index (χ1v) is 7.28. The maximum atomic E-state index is 11.3. The number of unbranched alkanes of at least 4 members (excludes halogenated alkanes) is 1. The molecule has 102 valence electrons. The summed E-state index contributed by atoms with van der Waals surface area (Å²) in [5.41, 5.74) is 1.74. The van der Waals surface area contributed by atoms with E-state index < -0.39 is 0 Å². The van der Waals surface area contributed by atoms with Crippen molar-refractivity contribution in [2.45, 2.75) is 51.9 Å². The first-order chi connectivity index (χ1) is 9.24. The summed E-state index contributed by atoms with van der Waals surface area (Å²) in [4.78, 5) is 11.3. The van der Waals surface area contributed by atoms with Crippen molar-refractivity contribution >= 4 is 11.0 Å². The van der Waals surface area contributed by atoms with Gasteiger partial charge >= 0.3 is 5.63 Å². The van der Waals surface area contributed by atoms with E-state index in [9.17, 15) is 4.79 Å². The van der Waals surface area contributed by atoms with Gasteiger partial charge in [0.1, 0.15) is 5.58 Å². The summed E-state index contributed by atoms with van der Waals surface area (Å²) in [7, 11) is 0. The first kappa shape index (κ1) is 13.9. The smallest absolute Gasteiger partial charge is 0.336 e. The van der Waals surface area contributed by atoms with E-state index in [1.807, 2.05) is 12.1 Å². The van der Waals surface area contributed by atoms with Crippen LogP contribution in [0, 0.1) is 0 Å². The van der Waals surface area contributed by atoms with E-state index in [0.29, 0.717) is 11.5 Å². The van der Waals surface area contributed by atoms with Gasteiger partial charge in [-0.25, -0.2) is 4.79 Å². The third-order valence-electron chi connectivity index (χ3n) is 3.66. The number of benzene rings is 1. The Kier molecular flexibility index (Phi) is 4.78. The normalized spacial score (nSPS) is 12.7. The Morgan fingerprint density at radius 1 is 1.05 bits per heavy atom. The molecular formula is C17H22O2. The summed E-state index contributed by atoms with van der Waals surface area (Å²) in [6.45, 7) is 4.45. The maximum Gasteiger partial charge on any atom is 0.336 e. The topological polar surface area (TPSA) is 30.2 Å². The van der Waals surface area contributed by atoms with E-state index in [2.05, 4.69) is 26.0 Å². The molecule has 0 aliphatic rings. The average Bonchev–Trinajstić information content (AvgIpc) is 2.42. The second kappa shape index (κ2) is 6.55. The second-order valence-electron chi connectivity index (χ2n) is 5.18. The molecule has 1 atom stereocenters. The third kappa shape index (κ3) is 3.46. The van der Waals surface area contributed by atoms with E-state index in [1.54, 1.807) is 0 Å². The lowest BCUT2D eigenvalue weighted by Crippen LogP contribution is -2.00. The van der Waals surface area contributed by atoms with Crippen LogP contribution in [-0.4, -0.2) is 0 Å². The highest BCUT2D eigenvalue weighted by Gasteiger charge is 2.11. The van der Waals surface area contributed by atoms with Gasteiger partial charge in [-0.3, -0.25) is 0 Å². The van der Waals surface area contributed by atoms with Crippen LogP contribution in [0.1, 0.15) is 57.4 Å². The van der Waals surface area contributed by atoms with Gasteiger partial charge < -0.3 is 4.42 Å². The van der Waals surface area contributed by atoms with Gasteiger partial charge in [-0.05, 0) is 36.5 Å². The molecule has 0 bridgehead atoms. The fourth-order valence-corrected chi connectivity index (χ4v) is 2.61. The summed E-state index contributed by atoms with van der Waals surface area (Å²) in [5.74, 6) is 0.583. The van der Waals surface area contributed by atoms with Crippen molar-refractivity contribution in [3.05, 3.63) is 46.3 Å². The summed E-state index contributed by atoms with van der Waals surface area (Å²) in [6.07, 6.45) is 6.07. The van der Waals surface area contributed by atoms with Crippen LogP contribution >= 0.6 is 0 Å². The van der Waals surface area contributed by atoms with Gasteiger partial charge in [0.2, 0.25) is 0 Å². The fraction of sp³-hybridized carbons (Fsp3) is 0.471. The van der Waals surface area contributed by atoms with Gasteiger partial charge in [0.15, 0.2) is 0 Å². The summed E-state index contributed by atoms with van der Waals surface area (Å²) in [5, 5.41) is 0.995. The molecule has 2 aromatic rings. The Bertz CT molecular complexity index is 583. The number of hydrogen-bond acceptors (Lipinski definition) is 2. The average molecular weight is 258 g/mol. The van der Waals surface area contributed by atoms with Gasteiger partial charge in [0.05, 0.1) is 0 Å². The van der Waals surface area contributed by atoms with E-state index in [-0.39, 0.29) is 5.63 Å². The van der Waals surface area contributed by atoms with Crippen molar-refractivity contribution in [1.29, 1.82) is 0 Å². The molecule has 2 nitrogen and oxygen atoms in total. The molecule has 1 aromatic carbocycles. The standard InChI is InChI=1S/C17H22O2/c1-3-5-7-13(6-4-2)15-9-8-14-10-11-17(18)19-16(14)12-15/h8-13H,3-7H2,1-2H3. The van der Waals surface area contributed by atoms with Crippen LogP contribution in [0.4, 0.5) is 0 Å². The van der Waals surface area contributed by atoms with Crippen molar-refractivity contribution in [2.75, 3.05) is 0 Å². The van der Waals surface area contributed by atoms with E-state index in [1.165, 1.54) is 43.7 Å². The molecule has 0 N–H and O–H groups in total. The molecule has 0 saturated heterocycles. The van der Waals surface area contributed by atoms with Crippen molar-refractivity contribution < 1.29 is 4.42 Å². The number of fused-ring (bicyclic) bond motifs is 1. The molecule has 2 rings (SSSR count). The van der Waals surface area contributed by atoms with Gasteiger partial charge in [0.25, 0.3) is 0 Å². The zero-order valence-corrected chi connectivity index (χ0v) is 11.8. The van der Waals surface area contributed by atoms with E-state index in [4.69, 9.17) is 4.42 Å². The fourth-order valence-electron chi connectivity index (χ4n) is 2.61. The lowest BCUT2D eigenvalue weighted by atomic mass is 9.89. The van der Waals surface area contributed by atoms with E-state index >= 15 is 0 Å². The predicted molar refractivity (Wildman–Crippen MR) is 79.7 cm³/mol. The molecule has 0 aliphatic carbocycles. The molecule has 1 aromatic heterocycles. The monoisotopic (exact) mass is 258 g/mol. The van der Waals surface area contributed by atoms with Crippen molar-refractivity contribution in [2.24, 2.45) is 0 Å². The Morgan fingerprint density at radius 2 is 1.84 bits per heavy atom. The number of hydrogen-bond donors (Lipinski definition) is 0. The van der Waals surface area contributed by atoms with Crippen LogP contribution in [0.3, 0.4) is 0 Å². The van der Waals surface area contributed by atoms with Crippen LogP contribution in [-0.2, 0) is 0 Å². The highest BCUT2D eigenvalue weighted by atomic mass is 16.4. The van der Waals surface area contributed by atoms with Gasteiger partial charge in [-0.15, -0.1) is 0 Å². The Hall–Kier alpha value is -1.57. The Labute approximate surface area is 114 Å². The van der Waals surface area contributed by atoms with Crippen LogP contribution in [0.5, 0.6) is 0 Å². The van der Waals surface area contributed by atoms with Gasteiger partial charge in [0, 0.05) is 11.5 Å². The van der Waals surface area contributed by atoms with E-state index in [0.717, 1.165) is 5.39 Å². The molecule has 19 heavy (non-hydrogen) atoms. The van der Waals surface area contributed by atoms with Crippen LogP contribution in [0.15, 0.2) is 39.5 Å². The largest absolute Gasteiger partial charge is 0.423 e. The minimum atomic E-state index is -0.273.